The fourth-order valence-electron chi connectivity index (χ4n) is 5.58. The molecular formula is C27H27F3N6O7S2. The number of oxime groups is 1. The van der Waals surface area contributed by atoms with Gasteiger partial charge in [0.2, 0.25) is 5.91 Å². The third kappa shape index (κ3) is 6.29. The van der Waals surface area contributed by atoms with Gasteiger partial charge in [0.05, 0.1) is 0 Å². The zero-order valence-corrected chi connectivity index (χ0v) is 25.1. The van der Waals surface area contributed by atoms with Crippen molar-refractivity contribution in [2.45, 2.75) is 74.7 Å². The summed E-state index contributed by atoms with van der Waals surface area (Å²) in [6.07, 6.45) is 1.25. The number of alkyl halides is 3. The van der Waals surface area contributed by atoms with Crippen LogP contribution in [0.15, 0.2) is 33.5 Å². The SMILES string of the molecule is Nc1nc(/C(=N/OC2CCCC2)C(=O)N[C@@H]2C(=O)N3C(C(=O)OC(=O)C(F)(F)F)=C(/C=C4\CCN(C5CC5)C4=O)CS[C@H]23)cs1. The summed E-state index contributed by atoms with van der Waals surface area (Å²) in [6.45, 7) is 0.459. The molecule has 3 aliphatic heterocycles. The zero-order valence-electron chi connectivity index (χ0n) is 23.5. The molecule has 45 heavy (non-hydrogen) atoms. The van der Waals surface area contributed by atoms with E-state index in [1.807, 2.05) is 0 Å². The molecule has 0 unspecified atom stereocenters. The fourth-order valence-corrected chi connectivity index (χ4v) is 7.43. The summed E-state index contributed by atoms with van der Waals surface area (Å²) in [4.78, 5) is 76.5. The van der Waals surface area contributed by atoms with Crippen LogP contribution in [0, 0.1) is 0 Å². The van der Waals surface area contributed by atoms with Gasteiger partial charge in [-0.3, -0.25) is 19.3 Å². The number of carbonyl (C=O) groups is 5. The van der Waals surface area contributed by atoms with Crippen LogP contribution in [0.2, 0.25) is 0 Å². The van der Waals surface area contributed by atoms with Gasteiger partial charge in [-0.1, -0.05) is 5.16 Å². The van der Waals surface area contributed by atoms with Crippen molar-refractivity contribution in [2.75, 3.05) is 18.0 Å². The molecule has 1 aromatic heterocycles. The molecule has 2 aliphatic carbocycles. The van der Waals surface area contributed by atoms with Crippen LogP contribution in [-0.2, 0) is 33.5 Å². The van der Waals surface area contributed by atoms with Crippen LogP contribution in [0.25, 0.3) is 0 Å². The van der Waals surface area contributed by atoms with E-state index in [-0.39, 0.29) is 45.9 Å². The van der Waals surface area contributed by atoms with Crippen LogP contribution in [0.3, 0.4) is 0 Å². The van der Waals surface area contributed by atoms with Crippen molar-refractivity contribution in [3.63, 3.8) is 0 Å². The fraction of sp³-hybridized carbons (Fsp3) is 0.519. The van der Waals surface area contributed by atoms with Crippen molar-refractivity contribution in [1.82, 2.24) is 20.1 Å². The first-order valence-electron chi connectivity index (χ1n) is 14.2. The van der Waals surface area contributed by atoms with Gasteiger partial charge in [0, 0.05) is 29.3 Å². The second kappa shape index (κ2) is 12.1. The first kappa shape index (κ1) is 31.1. The quantitative estimate of drug-likeness (QED) is 0.104. The maximum Gasteiger partial charge on any atom is 0.491 e. The molecule has 0 aromatic carbocycles. The Labute approximate surface area is 262 Å². The summed E-state index contributed by atoms with van der Waals surface area (Å²) < 4.78 is 43.0. The molecule has 4 fully saturated rings. The molecule has 240 valence electrons. The van der Waals surface area contributed by atoms with Gasteiger partial charge in [-0.15, -0.1) is 23.1 Å². The van der Waals surface area contributed by atoms with Crippen LogP contribution in [0.1, 0.15) is 50.6 Å². The number of β-lactam (4-membered cyclic amide) rings is 1. The number of halogens is 3. The van der Waals surface area contributed by atoms with Crippen molar-refractivity contribution in [3.05, 3.63) is 34.0 Å². The molecule has 18 heteroatoms. The highest BCUT2D eigenvalue weighted by molar-refractivity contribution is 8.00. The van der Waals surface area contributed by atoms with Crippen molar-refractivity contribution in [3.8, 4) is 0 Å². The number of carbonyl (C=O) groups excluding carboxylic acids is 5. The van der Waals surface area contributed by atoms with Gasteiger partial charge >= 0.3 is 18.1 Å². The van der Waals surface area contributed by atoms with E-state index in [1.165, 1.54) is 11.5 Å². The number of anilines is 1. The number of fused-ring (bicyclic) bond motifs is 1. The van der Waals surface area contributed by atoms with E-state index in [4.69, 9.17) is 10.6 Å². The second-order valence-electron chi connectivity index (χ2n) is 11.1. The first-order valence-corrected chi connectivity index (χ1v) is 16.1. The van der Waals surface area contributed by atoms with E-state index >= 15 is 0 Å². The smallest absolute Gasteiger partial charge is 0.392 e. The van der Waals surface area contributed by atoms with Gasteiger partial charge < -0.3 is 25.5 Å². The molecular weight excluding hydrogens is 641 g/mol. The number of amides is 3. The summed E-state index contributed by atoms with van der Waals surface area (Å²) in [6, 6.07) is -1.08. The number of ether oxygens (including phenoxy) is 1. The van der Waals surface area contributed by atoms with E-state index in [0.717, 1.165) is 66.5 Å². The average molecular weight is 669 g/mol. The summed E-state index contributed by atoms with van der Waals surface area (Å²) >= 11 is 2.18. The predicted molar refractivity (Wildman–Crippen MR) is 153 cm³/mol. The number of nitrogens with two attached hydrogens (primary N) is 1. The summed E-state index contributed by atoms with van der Waals surface area (Å²) in [5, 5.41) is 7.31. The Kier molecular flexibility index (Phi) is 8.36. The Morgan fingerprint density at radius 3 is 2.53 bits per heavy atom. The van der Waals surface area contributed by atoms with Gasteiger partial charge in [-0.2, -0.15) is 13.2 Å². The molecule has 13 nitrogen and oxygen atoms in total. The van der Waals surface area contributed by atoms with Crippen LogP contribution >= 0.6 is 23.1 Å². The van der Waals surface area contributed by atoms with Crippen LogP contribution in [-0.4, -0.2) is 92.2 Å². The second-order valence-corrected chi connectivity index (χ2v) is 13.1. The van der Waals surface area contributed by atoms with Crippen LogP contribution < -0.4 is 11.1 Å². The maximum absolute atomic E-state index is 13.4. The number of likely N-dealkylation sites (tertiary alicyclic amines) is 1. The summed E-state index contributed by atoms with van der Waals surface area (Å²) in [5.41, 5.74) is 5.42. The Balaban J connectivity index is 1.25. The third-order valence-corrected chi connectivity index (χ3v) is 9.94. The van der Waals surface area contributed by atoms with E-state index in [1.54, 1.807) is 4.90 Å². The molecule has 2 saturated carbocycles. The normalized spacial score (nSPS) is 25.0. The van der Waals surface area contributed by atoms with Gasteiger partial charge in [0.25, 0.3) is 11.8 Å². The number of hydrogen-bond acceptors (Lipinski definition) is 12. The predicted octanol–water partition coefficient (Wildman–Crippen LogP) is 2.00. The Morgan fingerprint density at radius 1 is 1.16 bits per heavy atom. The van der Waals surface area contributed by atoms with E-state index in [0.29, 0.717) is 18.5 Å². The van der Waals surface area contributed by atoms with Gasteiger partial charge in [-0.25, -0.2) is 14.6 Å². The van der Waals surface area contributed by atoms with Gasteiger partial charge in [-0.05, 0) is 56.6 Å². The van der Waals surface area contributed by atoms with Gasteiger partial charge in [0.1, 0.15) is 28.9 Å². The van der Waals surface area contributed by atoms with Gasteiger partial charge in [0.15, 0.2) is 10.8 Å². The topological polar surface area (TPSA) is 174 Å². The molecule has 3 N–H and O–H groups in total. The van der Waals surface area contributed by atoms with Crippen molar-refractivity contribution in [1.29, 1.82) is 0 Å². The van der Waals surface area contributed by atoms with Crippen LogP contribution in [0.5, 0.6) is 0 Å². The van der Waals surface area contributed by atoms with E-state index in [2.05, 4.69) is 20.2 Å². The zero-order chi connectivity index (χ0) is 32.0. The Morgan fingerprint density at radius 2 is 1.89 bits per heavy atom. The number of nitrogen functional groups attached to an aromatic ring is 1. The standard InChI is InChI=1S/C27H27F3N6O7S2/c28-27(29,30)25(41)42-24(40)19-13(9-12-7-8-35(21(12)38)14-5-6-14)10-44-23-18(22(39)36(19)23)33-20(37)17(16-11-45-26(31)32-16)34-43-15-3-1-2-4-15/h9,11,14-15,18,23H,1-8,10H2,(H2,31,32)(H,33,37)/b12-9+,34-17-/t18-,23-/m1/s1. The highest BCUT2D eigenvalue weighted by Gasteiger charge is 2.55. The minimum absolute atomic E-state index is 0.0278. The molecule has 0 radical (unpaired) electrons. The number of rotatable bonds is 8. The highest BCUT2D eigenvalue weighted by atomic mass is 32.2. The molecule has 4 heterocycles. The summed E-state index contributed by atoms with van der Waals surface area (Å²) in [7, 11) is 0. The number of hydrogen-bond donors (Lipinski definition) is 2. The van der Waals surface area contributed by atoms with Crippen molar-refractivity contribution < 1.29 is 46.7 Å². The molecule has 2 atom stereocenters. The number of esters is 2. The number of thiazole rings is 1. The largest absolute Gasteiger partial charge is 0.491 e. The Hall–Kier alpha value is -3.93. The van der Waals surface area contributed by atoms with E-state index < -0.39 is 47.0 Å². The Bertz CT molecular complexity index is 1550. The monoisotopic (exact) mass is 668 g/mol. The molecule has 6 rings (SSSR count). The lowest BCUT2D eigenvalue weighted by atomic mass is 10.0. The average Bonchev–Trinajstić information content (AvgIpc) is 3.32. The molecule has 0 spiro atoms. The molecule has 5 aliphatic rings. The van der Waals surface area contributed by atoms with Crippen molar-refractivity contribution >= 4 is 63.6 Å². The number of thioether (sulfide) groups is 1. The minimum Gasteiger partial charge on any atom is -0.392 e. The number of allylic oxidation sites excluding steroid dienone is 1. The first-order chi connectivity index (χ1) is 21.4. The number of nitrogens with one attached hydrogen (secondary N) is 1. The number of aromatic nitrogens is 1. The maximum atomic E-state index is 13.4. The third-order valence-electron chi connectivity index (χ3n) is 7.96. The molecule has 2 saturated heterocycles. The molecule has 3 amide bonds. The highest BCUT2D eigenvalue weighted by Crippen LogP contribution is 2.42. The lowest BCUT2D eigenvalue weighted by Crippen LogP contribution is -2.71. The van der Waals surface area contributed by atoms with Crippen molar-refractivity contribution in [2.24, 2.45) is 5.16 Å². The molecule has 0 bridgehead atoms. The minimum atomic E-state index is -5.46. The molecule has 1 aromatic rings. The van der Waals surface area contributed by atoms with Crippen LogP contribution in [0.4, 0.5) is 18.3 Å². The lowest BCUT2D eigenvalue weighted by molar-refractivity contribution is -0.201. The number of nitrogens with zero attached hydrogens (tertiary/aromatic N) is 4. The van der Waals surface area contributed by atoms with E-state index in [9.17, 15) is 37.1 Å². The summed E-state index contributed by atoms with van der Waals surface area (Å²) in [5.74, 6) is -6.38. The lowest BCUT2D eigenvalue weighted by Gasteiger charge is -2.49.